The Morgan fingerprint density at radius 1 is 1.21 bits per heavy atom. The standard InChI is InChI=1S/C23H26N2O7S2/c1-14-13-34-21(22(28)30-3)20(14)24-23(33)25-8-9-31-17(11-25)12-32-16-6-4-15(5-7-16)18(26)10-19(27)29-2/h4-7,13,17H,8-12H2,1-3H3,(H,24,33). The van der Waals surface area contributed by atoms with E-state index in [2.05, 4.69) is 10.1 Å². The number of benzene rings is 1. The van der Waals surface area contributed by atoms with Crippen LogP contribution in [-0.4, -0.2) is 74.4 Å². The number of morpholine rings is 1. The van der Waals surface area contributed by atoms with Gasteiger partial charge in [-0.3, -0.25) is 9.59 Å². The molecule has 0 bridgehead atoms. The Labute approximate surface area is 206 Å². The number of methoxy groups -OCH3 is 2. The number of nitrogens with zero attached hydrogens (tertiary/aromatic N) is 1. The maximum absolute atomic E-state index is 12.0. The lowest BCUT2D eigenvalue weighted by Crippen LogP contribution is -2.49. The van der Waals surface area contributed by atoms with Crippen LogP contribution in [0.3, 0.4) is 0 Å². The topological polar surface area (TPSA) is 103 Å². The first kappa shape index (κ1) is 25.6. The molecule has 1 unspecified atom stereocenters. The van der Waals surface area contributed by atoms with Gasteiger partial charge in [-0.15, -0.1) is 11.3 Å². The van der Waals surface area contributed by atoms with Crippen molar-refractivity contribution in [2.75, 3.05) is 45.8 Å². The van der Waals surface area contributed by atoms with Crippen LogP contribution in [0.1, 0.15) is 32.0 Å². The van der Waals surface area contributed by atoms with E-state index in [-0.39, 0.29) is 18.3 Å². The number of rotatable bonds is 8. The van der Waals surface area contributed by atoms with Gasteiger partial charge in [0.1, 0.15) is 29.8 Å². The van der Waals surface area contributed by atoms with E-state index in [9.17, 15) is 14.4 Å². The molecule has 1 atom stereocenters. The Morgan fingerprint density at radius 3 is 2.62 bits per heavy atom. The van der Waals surface area contributed by atoms with Gasteiger partial charge in [-0.05, 0) is 54.4 Å². The Morgan fingerprint density at radius 2 is 1.94 bits per heavy atom. The lowest BCUT2D eigenvalue weighted by atomic mass is 10.1. The summed E-state index contributed by atoms with van der Waals surface area (Å²) in [4.78, 5) is 37.8. The van der Waals surface area contributed by atoms with Gasteiger partial charge in [-0.2, -0.15) is 0 Å². The number of ether oxygens (including phenoxy) is 4. The fourth-order valence-corrected chi connectivity index (χ4v) is 4.45. The number of hydrogen-bond acceptors (Lipinski definition) is 9. The lowest BCUT2D eigenvalue weighted by molar-refractivity contribution is -0.139. The van der Waals surface area contributed by atoms with Crippen molar-refractivity contribution in [3.8, 4) is 5.75 Å². The van der Waals surface area contributed by atoms with Crippen LogP contribution in [-0.2, 0) is 19.0 Å². The second-order valence-corrected chi connectivity index (χ2v) is 8.76. The van der Waals surface area contributed by atoms with E-state index in [1.54, 1.807) is 24.3 Å². The normalized spacial score (nSPS) is 15.4. The van der Waals surface area contributed by atoms with Crippen LogP contribution in [0.4, 0.5) is 5.69 Å². The van der Waals surface area contributed by atoms with Crippen molar-refractivity contribution >= 4 is 52.1 Å². The highest BCUT2D eigenvalue weighted by molar-refractivity contribution is 7.80. The highest BCUT2D eigenvalue weighted by Crippen LogP contribution is 2.29. The molecule has 3 rings (SSSR count). The Hall–Kier alpha value is -3.02. The summed E-state index contributed by atoms with van der Waals surface area (Å²) in [5.74, 6) is -0.725. The minimum Gasteiger partial charge on any atom is -0.491 e. The number of thiocarbonyl (C=S) groups is 1. The number of carbonyl (C=O) groups is 3. The Balaban J connectivity index is 1.53. The molecule has 34 heavy (non-hydrogen) atoms. The maximum Gasteiger partial charge on any atom is 0.350 e. The van der Waals surface area contributed by atoms with Crippen molar-refractivity contribution in [3.63, 3.8) is 0 Å². The Bertz CT molecular complexity index is 1050. The molecule has 2 aromatic rings. The average molecular weight is 507 g/mol. The van der Waals surface area contributed by atoms with Gasteiger partial charge in [-0.25, -0.2) is 4.79 Å². The van der Waals surface area contributed by atoms with Crippen LogP contribution in [0.25, 0.3) is 0 Å². The van der Waals surface area contributed by atoms with Crippen LogP contribution in [0.2, 0.25) is 0 Å². The zero-order valence-corrected chi connectivity index (χ0v) is 20.8. The second kappa shape index (κ2) is 11.9. The second-order valence-electron chi connectivity index (χ2n) is 7.49. The number of ketones is 1. The van der Waals surface area contributed by atoms with Crippen molar-refractivity contribution in [3.05, 3.63) is 45.6 Å². The summed E-state index contributed by atoms with van der Waals surface area (Å²) >= 11 is 6.88. The van der Waals surface area contributed by atoms with E-state index in [0.29, 0.717) is 53.3 Å². The summed E-state index contributed by atoms with van der Waals surface area (Å²) in [6, 6.07) is 6.56. The smallest absolute Gasteiger partial charge is 0.350 e. The zero-order valence-electron chi connectivity index (χ0n) is 19.1. The van der Waals surface area contributed by atoms with Crippen LogP contribution >= 0.6 is 23.6 Å². The SMILES string of the molecule is COC(=O)CC(=O)c1ccc(OCC2CN(C(=S)Nc3c(C)csc3C(=O)OC)CCO2)cc1. The van der Waals surface area contributed by atoms with E-state index in [1.807, 2.05) is 17.2 Å². The van der Waals surface area contributed by atoms with Gasteiger partial charge < -0.3 is 29.2 Å². The van der Waals surface area contributed by atoms with Crippen LogP contribution in [0, 0.1) is 6.92 Å². The van der Waals surface area contributed by atoms with Crippen molar-refractivity contribution in [2.24, 2.45) is 0 Å². The Kier molecular flexibility index (Phi) is 8.97. The first-order chi connectivity index (χ1) is 16.3. The van der Waals surface area contributed by atoms with Gasteiger partial charge in [0.2, 0.25) is 0 Å². The summed E-state index contributed by atoms with van der Waals surface area (Å²) < 4.78 is 21.0. The summed E-state index contributed by atoms with van der Waals surface area (Å²) in [6.45, 7) is 3.79. The van der Waals surface area contributed by atoms with Gasteiger partial charge in [0, 0.05) is 18.7 Å². The number of carbonyl (C=O) groups excluding carboxylic acids is 3. The molecule has 11 heteroatoms. The third-order valence-corrected chi connectivity index (χ3v) is 6.59. The summed E-state index contributed by atoms with van der Waals surface area (Å²) in [5, 5.41) is 5.55. The molecule has 1 aromatic carbocycles. The molecule has 1 aromatic heterocycles. The predicted octanol–water partition coefficient (Wildman–Crippen LogP) is 3.07. The minimum absolute atomic E-state index is 0.224. The summed E-state index contributed by atoms with van der Waals surface area (Å²) in [6.07, 6.45) is -0.527. The summed E-state index contributed by atoms with van der Waals surface area (Å²) in [7, 11) is 2.59. The molecule has 182 valence electrons. The first-order valence-corrected chi connectivity index (χ1v) is 11.8. The molecule has 1 fully saturated rings. The molecule has 1 aliphatic heterocycles. The monoisotopic (exact) mass is 506 g/mol. The van der Waals surface area contributed by atoms with Crippen LogP contribution < -0.4 is 10.1 Å². The molecule has 1 aliphatic rings. The quantitative estimate of drug-likeness (QED) is 0.249. The molecule has 0 saturated carbocycles. The molecular formula is C23H26N2O7S2. The van der Waals surface area contributed by atoms with E-state index in [4.69, 9.17) is 26.4 Å². The number of Topliss-reactive ketones (excluding diaryl/α,β-unsaturated/α-hetero) is 1. The molecule has 2 heterocycles. The number of aryl methyl sites for hydroxylation is 1. The zero-order chi connectivity index (χ0) is 24.7. The minimum atomic E-state index is -0.576. The van der Waals surface area contributed by atoms with Crippen molar-refractivity contribution in [2.45, 2.75) is 19.4 Å². The van der Waals surface area contributed by atoms with Crippen LogP contribution in [0.15, 0.2) is 29.6 Å². The number of anilines is 1. The molecule has 9 nitrogen and oxygen atoms in total. The summed E-state index contributed by atoms with van der Waals surface area (Å²) in [5.41, 5.74) is 1.97. The molecule has 1 N–H and O–H groups in total. The fourth-order valence-electron chi connectivity index (χ4n) is 3.26. The largest absolute Gasteiger partial charge is 0.491 e. The van der Waals surface area contributed by atoms with Gasteiger partial charge in [-0.1, -0.05) is 0 Å². The molecular weight excluding hydrogens is 480 g/mol. The third kappa shape index (κ3) is 6.52. The first-order valence-electron chi connectivity index (χ1n) is 10.5. The highest BCUT2D eigenvalue weighted by atomic mass is 32.1. The van der Waals surface area contributed by atoms with Gasteiger partial charge >= 0.3 is 11.9 Å². The number of nitrogens with one attached hydrogen (secondary N) is 1. The van der Waals surface area contributed by atoms with E-state index >= 15 is 0 Å². The van der Waals surface area contributed by atoms with Crippen molar-refractivity contribution in [1.29, 1.82) is 0 Å². The molecule has 1 saturated heterocycles. The third-order valence-electron chi connectivity index (χ3n) is 5.15. The number of thiophene rings is 1. The van der Waals surface area contributed by atoms with Gasteiger partial charge in [0.25, 0.3) is 0 Å². The number of hydrogen-bond donors (Lipinski definition) is 1. The molecule has 0 spiro atoms. The maximum atomic E-state index is 12.0. The fraction of sp³-hybridized carbons (Fsp3) is 0.391. The van der Waals surface area contributed by atoms with Gasteiger partial charge in [0.15, 0.2) is 10.9 Å². The lowest BCUT2D eigenvalue weighted by Gasteiger charge is -2.34. The number of esters is 2. The van der Waals surface area contributed by atoms with E-state index in [0.717, 1.165) is 5.56 Å². The van der Waals surface area contributed by atoms with Crippen LogP contribution in [0.5, 0.6) is 5.75 Å². The molecule has 0 radical (unpaired) electrons. The predicted molar refractivity (Wildman–Crippen MR) is 131 cm³/mol. The average Bonchev–Trinajstić information content (AvgIpc) is 3.22. The van der Waals surface area contributed by atoms with Crippen molar-refractivity contribution in [1.82, 2.24) is 4.90 Å². The highest BCUT2D eigenvalue weighted by Gasteiger charge is 2.25. The van der Waals surface area contributed by atoms with Gasteiger partial charge in [0.05, 0.1) is 26.5 Å². The van der Waals surface area contributed by atoms with E-state index < -0.39 is 11.9 Å². The molecule has 0 aliphatic carbocycles. The van der Waals surface area contributed by atoms with Crippen molar-refractivity contribution < 1.29 is 33.3 Å². The van der Waals surface area contributed by atoms with E-state index in [1.165, 1.54) is 25.6 Å². The molecule has 0 amide bonds.